The van der Waals surface area contributed by atoms with E-state index in [1.807, 2.05) is 0 Å². The molecule has 2 aromatic heterocycles. The summed E-state index contributed by atoms with van der Waals surface area (Å²) in [5, 5.41) is 7.50. The Bertz CT molecular complexity index is 1040. The van der Waals surface area contributed by atoms with E-state index >= 15 is 0 Å². The molecule has 4 rings (SSSR count). The van der Waals surface area contributed by atoms with Crippen LogP contribution in [0, 0.1) is 19.8 Å². The smallest absolute Gasteiger partial charge is 0.159 e. The summed E-state index contributed by atoms with van der Waals surface area (Å²) in [4.78, 5) is 0. The normalized spacial score (nSPS) is 12.0. The molecule has 2 aromatic carbocycles. The maximum atomic E-state index is 3.54. The molecule has 23 heavy (non-hydrogen) atoms. The van der Waals surface area contributed by atoms with Crippen LogP contribution in [0.15, 0.2) is 42.6 Å². The molecule has 0 fully saturated rings. The Balaban J connectivity index is 2.13. The Morgan fingerprint density at radius 1 is 1.00 bits per heavy atom. The Hall–Kier alpha value is -2.35. The fraction of sp³-hybridized carbons (Fsp3) is 0.286. The van der Waals surface area contributed by atoms with Gasteiger partial charge in [0.1, 0.15) is 5.52 Å². The third kappa shape index (κ3) is 2.29. The Morgan fingerprint density at radius 3 is 2.61 bits per heavy atom. The summed E-state index contributed by atoms with van der Waals surface area (Å²) < 4.78 is 2.17. The lowest BCUT2D eigenvalue weighted by molar-refractivity contribution is -0.573. The number of aromatic amines is 1. The molecular formula is C21H23N2+. The molecular weight excluding hydrogens is 280 g/mol. The minimum Gasteiger partial charge on any atom is -0.159 e. The fourth-order valence-corrected chi connectivity index (χ4v) is 3.70. The zero-order chi connectivity index (χ0) is 16.1. The highest BCUT2D eigenvalue weighted by atomic mass is 15.2. The number of aromatic nitrogens is 2. The van der Waals surface area contributed by atoms with Gasteiger partial charge in [-0.05, 0) is 60.4 Å². The van der Waals surface area contributed by atoms with Crippen LogP contribution in [0.2, 0.25) is 0 Å². The minimum absolute atomic E-state index is 0.673. The first kappa shape index (κ1) is 14.3. The topological polar surface area (TPSA) is 19.9 Å². The number of nitrogens with zero attached hydrogens (tertiary/aromatic N) is 1. The zero-order valence-corrected chi connectivity index (χ0v) is 14.3. The van der Waals surface area contributed by atoms with Gasteiger partial charge in [0.25, 0.3) is 5.52 Å². The van der Waals surface area contributed by atoms with Gasteiger partial charge < -0.3 is 0 Å². The van der Waals surface area contributed by atoms with Crippen molar-refractivity contribution in [2.75, 3.05) is 0 Å². The molecule has 0 bridgehead atoms. The molecule has 2 heteroatoms. The molecule has 0 radical (unpaired) electrons. The average molecular weight is 303 g/mol. The summed E-state index contributed by atoms with van der Waals surface area (Å²) in [7, 11) is 0. The molecule has 4 aromatic rings. The number of aryl methyl sites for hydroxylation is 2. The third-order valence-corrected chi connectivity index (χ3v) is 4.63. The van der Waals surface area contributed by atoms with Gasteiger partial charge in [0.15, 0.2) is 0 Å². The van der Waals surface area contributed by atoms with Crippen molar-refractivity contribution in [1.82, 2.24) is 5.10 Å². The van der Waals surface area contributed by atoms with E-state index in [1.165, 1.54) is 43.9 Å². The maximum Gasteiger partial charge on any atom is 0.252 e. The molecule has 0 atom stereocenters. The van der Waals surface area contributed by atoms with Gasteiger partial charge in [-0.3, -0.25) is 0 Å². The summed E-state index contributed by atoms with van der Waals surface area (Å²) in [6.07, 6.45) is 3.26. The lowest BCUT2D eigenvalue weighted by Gasteiger charge is -2.05. The molecule has 0 aliphatic rings. The highest BCUT2D eigenvalue weighted by molar-refractivity contribution is 6.07. The van der Waals surface area contributed by atoms with Crippen molar-refractivity contribution < 1.29 is 4.52 Å². The van der Waals surface area contributed by atoms with E-state index in [0.717, 1.165) is 6.42 Å². The van der Waals surface area contributed by atoms with Crippen LogP contribution in [0.3, 0.4) is 0 Å². The number of fused-ring (bicyclic) bond motifs is 5. The summed E-state index contributed by atoms with van der Waals surface area (Å²) in [6.45, 7) is 8.90. The Labute approximate surface area is 136 Å². The summed E-state index contributed by atoms with van der Waals surface area (Å²) in [5.41, 5.74) is 6.55. The van der Waals surface area contributed by atoms with E-state index in [4.69, 9.17) is 0 Å². The fourth-order valence-electron chi connectivity index (χ4n) is 3.70. The van der Waals surface area contributed by atoms with Gasteiger partial charge in [0.2, 0.25) is 6.20 Å². The standard InChI is InChI=1S/C21H22N2/c1-13(2)9-16-5-6-17-7-8-23-21(18(17)12-16)19-11-14(3)10-15(4)20(19)22-23/h5-8,10-13H,9H2,1-4H3/p+1. The van der Waals surface area contributed by atoms with Gasteiger partial charge in [0, 0.05) is 6.07 Å². The van der Waals surface area contributed by atoms with Gasteiger partial charge in [-0.2, -0.15) is 5.10 Å². The van der Waals surface area contributed by atoms with Gasteiger partial charge >= 0.3 is 0 Å². The molecule has 0 aliphatic heterocycles. The number of hydrogen-bond donors (Lipinski definition) is 1. The second-order valence-corrected chi connectivity index (χ2v) is 7.17. The van der Waals surface area contributed by atoms with Gasteiger partial charge in [-0.1, -0.05) is 36.6 Å². The number of nitrogens with one attached hydrogen (secondary N) is 1. The van der Waals surface area contributed by atoms with Crippen LogP contribution < -0.4 is 4.52 Å². The molecule has 1 N–H and O–H groups in total. The largest absolute Gasteiger partial charge is 0.252 e. The molecule has 0 aliphatic carbocycles. The van der Waals surface area contributed by atoms with Crippen LogP contribution in [0.5, 0.6) is 0 Å². The minimum atomic E-state index is 0.673. The van der Waals surface area contributed by atoms with Crippen LogP contribution in [-0.2, 0) is 6.42 Å². The lowest BCUT2D eigenvalue weighted by Crippen LogP contribution is -2.21. The molecule has 0 saturated heterocycles. The zero-order valence-electron chi connectivity index (χ0n) is 14.3. The van der Waals surface area contributed by atoms with E-state index in [1.54, 1.807) is 0 Å². The van der Waals surface area contributed by atoms with Crippen LogP contribution >= 0.6 is 0 Å². The SMILES string of the molecule is Cc1cc(C)c2[nH][n+]3ccc4ccc(CC(C)C)cc4c3c2c1. The van der Waals surface area contributed by atoms with Crippen molar-refractivity contribution in [2.24, 2.45) is 5.92 Å². The summed E-state index contributed by atoms with van der Waals surface area (Å²) in [6, 6.07) is 13.6. The van der Waals surface area contributed by atoms with E-state index in [2.05, 4.69) is 79.9 Å². The average Bonchev–Trinajstić information content (AvgIpc) is 2.86. The van der Waals surface area contributed by atoms with Crippen molar-refractivity contribution in [3.63, 3.8) is 0 Å². The highest BCUT2D eigenvalue weighted by Crippen LogP contribution is 2.28. The monoisotopic (exact) mass is 303 g/mol. The highest BCUT2D eigenvalue weighted by Gasteiger charge is 2.18. The van der Waals surface area contributed by atoms with Crippen molar-refractivity contribution in [2.45, 2.75) is 34.1 Å². The van der Waals surface area contributed by atoms with E-state index in [-0.39, 0.29) is 0 Å². The van der Waals surface area contributed by atoms with Crippen molar-refractivity contribution >= 4 is 27.2 Å². The molecule has 0 amide bonds. The Morgan fingerprint density at radius 2 is 1.83 bits per heavy atom. The van der Waals surface area contributed by atoms with Gasteiger partial charge in [0.05, 0.1) is 10.8 Å². The Kier molecular flexibility index (Phi) is 3.15. The van der Waals surface area contributed by atoms with Crippen LogP contribution in [0.4, 0.5) is 0 Å². The number of H-pyrrole nitrogens is 1. The maximum absolute atomic E-state index is 3.54. The molecule has 0 spiro atoms. The number of hydrogen-bond acceptors (Lipinski definition) is 0. The predicted molar refractivity (Wildman–Crippen MR) is 97.0 cm³/mol. The van der Waals surface area contributed by atoms with Crippen molar-refractivity contribution in [1.29, 1.82) is 0 Å². The second kappa shape index (κ2) is 5.09. The quantitative estimate of drug-likeness (QED) is 0.510. The molecule has 2 nitrogen and oxygen atoms in total. The van der Waals surface area contributed by atoms with Crippen molar-refractivity contribution in [3.05, 3.63) is 59.3 Å². The van der Waals surface area contributed by atoms with E-state index in [0.29, 0.717) is 5.92 Å². The summed E-state index contributed by atoms with van der Waals surface area (Å²) in [5.74, 6) is 0.673. The molecule has 0 unspecified atom stereocenters. The molecule has 2 heterocycles. The number of pyridine rings is 1. The molecule has 116 valence electrons. The summed E-state index contributed by atoms with van der Waals surface area (Å²) >= 11 is 0. The number of rotatable bonds is 2. The third-order valence-electron chi connectivity index (χ3n) is 4.63. The van der Waals surface area contributed by atoms with Crippen molar-refractivity contribution in [3.8, 4) is 0 Å². The van der Waals surface area contributed by atoms with Crippen LogP contribution in [0.1, 0.15) is 30.5 Å². The first-order valence-corrected chi connectivity index (χ1v) is 8.39. The van der Waals surface area contributed by atoms with E-state index in [9.17, 15) is 0 Å². The van der Waals surface area contributed by atoms with Gasteiger partial charge in [-0.15, -0.1) is 0 Å². The first-order chi connectivity index (χ1) is 11.0. The first-order valence-electron chi connectivity index (χ1n) is 8.39. The molecule has 0 saturated carbocycles. The van der Waals surface area contributed by atoms with E-state index < -0.39 is 0 Å². The second-order valence-electron chi connectivity index (χ2n) is 7.17. The van der Waals surface area contributed by atoms with Crippen LogP contribution in [0.25, 0.3) is 27.2 Å². The number of benzene rings is 2. The van der Waals surface area contributed by atoms with Crippen LogP contribution in [-0.4, -0.2) is 5.10 Å². The lowest BCUT2D eigenvalue weighted by atomic mass is 9.98. The van der Waals surface area contributed by atoms with Gasteiger partial charge in [-0.25, -0.2) is 0 Å². The predicted octanol–water partition coefficient (Wildman–Crippen LogP) is 4.88.